The molecule has 1 aliphatic carbocycles. The topological polar surface area (TPSA) is 79.8 Å². The fourth-order valence-corrected chi connectivity index (χ4v) is 8.00. The van der Waals surface area contributed by atoms with Crippen LogP contribution in [0.3, 0.4) is 0 Å². The summed E-state index contributed by atoms with van der Waals surface area (Å²) in [5.74, 6) is 0. The molecule has 0 spiro atoms. The van der Waals surface area contributed by atoms with Gasteiger partial charge in [-0.3, -0.25) is 4.98 Å². The van der Waals surface area contributed by atoms with Crippen LogP contribution in [0.1, 0.15) is 69.6 Å². The molecule has 8 heteroatoms. The third kappa shape index (κ3) is 9.51. The predicted octanol–water partition coefficient (Wildman–Crippen LogP) is 9.88. The monoisotopic (exact) mass is 701 g/mol. The first-order chi connectivity index (χ1) is 24.5. The lowest BCUT2D eigenvalue weighted by atomic mass is 9.94. The molecule has 1 aromatic heterocycles. The lowest BCUT2D eigenvalue weighted by Gasteiger charge is -2.35. The molecule has 0 saturated heterocycles. The maximum Gasteiger partial charge on any atom is 0.410 e. The number of ether oxygens (including phenoxy) is 1. The number of hydrogen-bond donors (Lipinski definition) is 0. The molecular weight excluding hydrogens is 655 g/mol. The number of rotatable bonds is 11. The van der Waals surface area contributed by atoms with Crippen molar-refractivity contribution < 1.29 is 17.9 Å². The van der Waals surface area contributed by atoms with Gasteiger partial charge in [0.25, 0.3) is 0 Å². The Labute approximate surface area is 303 Å². The average Bonchev–Trinajstić information content (AvgIpc) is 3.14. The number of pyridine rings is 1. The summed E-state index contributed by atoms with van der Waals surface area (Å²) < 4.78 is 35.4. The molecule has 7 nitrogen and oxygen atoms in total. The number of nitrogens with zero attached hydrogens (tertiary/aromatic N) is 3. The van der Waals surface area contributed by atoms with Gasteiger partial charge in [-0.1, -0.05) is 116 Å². The molecule has 51 heavy (non-hydrogen) atoms. The Morgan fingerprint density at radius 3 is 1.75 bits per heavy atom. The first-order valence-corrected chi connectivity index (χ1v) is 19.2. The highest BCUT2D eigenvalue weighted by atomic mass is 32.2. The normalized spacial score (nSPS) is 14.0. The first-order valence-electron chi connectivity index (χ1n) is 17.8. The zero-order valence-electron chi connectivity index (χ0n) is 29.7. The van der Waals surface area contributed by atoms with Gasteiger partial charge in [-0.25, -0.2) is 13.2 Å². The summed E-state index contributed by atoms with van der Waals surface area (Å²) in [4.78, 5) is 19.6. The van der Waals surface area contributed by atoms with E-state index >= 15 is 0 Å². The van der Waals surface area contributed by atoms with Gasteiger partial charge < -0.3 is 9.64 Å². The van der Waals surface area contributed by atoms with Gasteiger partial charge in [0.15, 0.2) is 0 Å². The van der Waals surface area contributed by atoms with E-state index in [9.17, 15) is 13.2 Å². The van der Waals surface area contributed by atoms with E-state index in [1.807, 2.05) is 105 Å². The summed E-state index contributed by atoms with van der Waals surface area (Å²) >= 11 is 0. The van der Waals surface area contributed by atoms with Crippen molar-refractivity contribution in [3.63, 3.8) is 0 Å². The Hall–Kier alpha value is -4.79. The molecule has 0 atom stereocenters. The summed E-state index contributed by atoms with van der Waals surface area (Å²) in [5.41, 5.74) is 6.27. The van der Waals surface area contributed by atoms with E-state index in [1.165, 1.54) is 10.7 Å². The highest BCUT2D eigenvalue weighted by Crippen LogP contribution is 2.29. The van der Waals surface area contributed by atoms with Crippen molar-refractivity contribution in [3.8, 4) is 22.3 Å². The van der Waals surface area contributed by atoms with Gasteiger partial charge in [-0.15, -0.1) is 0 Å². The minimum absolute atomic E-state index is 0.191. The van der Waals surface area contributed by atoms with Gasteiger partial charge in [0.1, 0.15) is 5.60 Å². The van der Waals surface area contributed by atoms with Crippen LogP contribution < -0.4 is 0 Å². The van der Waals surface area contributed by atoms with Gasteiger partial charge in [0, 0.05) is 38.1 Å². The molecule has 1 fully saturated rings. The highest BCUT2D eigenvalue weighted by Gasteiger charge is 2.30. The molecule has 1 amide bonds. The maximum absolute atomic E-state index is 14.1. The van der Waals surface area contributed by atoms with Crippen molar-refractivity contribution in [1.29, 1.82) is 0 Å². The zero-order valence-corrected chi connectivity index (χ0v) is 30.6. The summed E-state index contributed by atoms with van der Waals surface area (Å²) in [6.07, 6.45) is 8.63. The highest BCUT2D eigenvalue weighted by molar-refractivity contribution is 7.89. The van der Waals surface area contributed by atoms with E-state index < -0.39 is 15.6 Å². The summed E-state index contributed by atoms with van der Waals surface area (Å²) in [6, 6.07) is 37.2. The van der Waals surface area contributed by atoms with Crippen LogP contribution in [0.25, 0.3) is 22.3 Å². The smallest absolute Gasteiger partial charge is 0.410 e. The van der Waals surface area contributed by atoms with Crippen molar-refractivity contribution in [2.45, 2.75) is 89.0 Å². The van der Waals surface area contributed by atoms with Crippen LogP contribution in [0.5, 0.6) is 0 Å². The minimum Gasteiger partial charge on any atom is -0.444 e. The molecule has 6 rings (SSSR count). The van der Waals surface area contributed by atoms with E-state index in [-0.39, 0.29) is 30.1 Å². The van der Waals surface area contributed by atoms with Crippen LogP contribution in [0.4, 0.5) is 4.79 Å². The number of amides is 1. The third-order valence-electron chi connectivity index (χ3n) is 9.28. The van der Waals surface area contributed by atoms with Gasteiger partial charge in [-0.2, -0.15) is 4.31 Å². The maximum atomic E-state index is 14.1. The summed E-state index contributed by atoms with van der Waals surface area (Å²) in [7, 11) is -3.83. The zero-order chi connectivity index (χ0) is 35.8. The van der Waals surface area contributed by atoms with E-state index in [4.69, 9.17) is 4.74 Å². The summed E-state index contributed by atoms with van der Waals surface area (Å²) in [6.45, 7) is 6.64. The number of sulfonamides is 1. The lowest BCUT2D eigenvalue weighted by molar-refractivity contribution is 0.00988. The molecule has 0 aliphatic heterocycles. The molecule has 0 unspecified atom stereocenters. The van der Waals surface area contributed by atoms with Gasteiger partial charge in [0.05, 0.1) is 4.90 Å². The molecule has 0 radical (unpaired) electrons. The Morgan fingerprint density at radius 1 is 0.667 bits per heavy atom. The van der Waals surface area contributed by atoms with Crippen molar-refractivity contribution in [3.05, 3.63) is 144 Å². The number of hydrogen-bond acceptors (Lipinski definition) is 5. The molecular formula is C43H47N3O4S. The Balaban J connectivity index is 1.18. The minimum atomic E-state index is -3.83. The number of benzene rings is 4. The number of carbonyl (C=O) groups excluding carboxylic acids is 1. The Bertz CT molecular complexity index is 1970. The average molecular weight is 702 g/mol. The van der Waals surface area contributed by atoms with Crippen molar-refractivity contribution in [2.24, 2.45) is 0 Å². The van der Waals surface area contributed by atoms with Crippen molar-refractivity contribution >= 4 is 16.1 Å². The molecule has 5 aromatic rings. The molecule has 4 aromatic carbocycles. The standard InChI is InChI=1S/C43H47N3O4S/c1-43(2,3)50-42(47)46(40-14-8-5-9-15-40)32-34-18-22-38(23-19-34)37-20-16-33(17-21-37)30-45(31-35-11-10-28-44-29-35)51(48,49)41-26-24-39(25-27-41)36-12-6-4-7-13-36/h4,6-7,10-13,16-29,40H,5,8-9,14-15,30-32H2,1-3H3. The van der Waals surface area contributed by atoms with Crippen LogP contribution >= 0.6 is 0 Å². The van der Waals surface area contributed by atoms with Crippen LogP contribution in [-0.2, 0) is 34.4 Å². The van der Waals surface area contributed by atoms with Crippen LogP contribution in [0, 0.1) is 0 Å². The Morgan fingerprint density at radius 2 is 1.20 bits per heavy atom. The number of aromatic nitrogens is 1. The largest absolute Gasteiger partial charge is 0.444 e. The molecule has 264 valence electrons. The second-order valence-corrected chi connectivity index (χ2v) is 16.3. The third-order valence-corrected chi connectivity index (χ3v) is 11.1. The second kappa shape index (κ2) is 16.0. The molecule has 1 heterocycles. The predicted molar refractivity (Wildman–Crippen MR) is 203 cm³/mol. The second-order valence-electron chi connectivity index (χ2n) is 14.3. The van der Waals surface area contributed by atoms with E-state index in [2.05, 4.69) is 29.2 Å². The van der Waals surface area contributed by atoms with Gasteiger partial charge in [-0.05, 0) is 90.8 Å². The van der Waals surface area contributed by atoms with E-state index in [1.54, 1.807) is 24.5 Å². The SMILES string of the molecule is CC(C)(C)OC(=O)N(Cc1ccc(-c2ccc(CN(Cc3cccnc3)S(=O)(=O)c3ccc(-c4ccccc4)cc3)cc2)cc1)C1CCCCC1. The molecule has 0 bridgehead atoms. The number of carbonyl (C=O) groups is 1. The van der Waals surface area contributed by atoms with Crippen molar-refractivity contribution in [1.82, 2.24) is 14.2 Å². The van der Waals surface area contributed by atoms with Crippen LogP contribution in [0.2, 0.25) is 0 Å². The molecule has 1 aliphatic rings. The first kappa shape index (κ1) is 36.0. The quantitative estimate of drug-likeness (QED) is 0.137. The molecule has 0 N–H and O–H groups in total. The van der Waals surface area contributed by atoms with Gasteiger partial charge >= 0.3 is 6.09 Å². The van der Waals surface area contributed by atoms with E-state index in [0.29, 0.717) is 6.54 Å². The fraction of sp³-hybridized carbons (Fsp3) is 0.302. The van der Waals surface area contributed by atoms with Gasteiger partial charge in [0.2, 0.25) is 10.0 Å². The summed E-state index contributed by atoms with van der Waals surface area (Å²) in [5, 5.41) is 0. The fourth-order valence-electron chi connectivity index (χ4n) is 6.58. The molecule has 1 saturated carbocycles. The lowest BCUT2D eigenvalue weighted by Crippen LogP contribution is -2.43. The van der Waals surface area contributed by atoms with Crippen molar-refractivity contribution in [2.75, 3.05) is 0 Å². The Kier molecular flexibility index (Phi) is 11.3. The van der Waals surface area contributed by atoms with E-state index in [0.717, 1.165) is 64.6 Å². The van der Waals surface area contributed by atoms with Crippen LogP contribution in [-0.4, -0.2) is 40.3 Å². The van der Waals surface area contributed by atoms with Crippen LogP contribution in [0.15, 0.2) is 133 Å².